The van der Waals surface area contributed by atoms with Gasteiger partial charge in [-0.1, -0.05) is 19.3 Å². The Morgan fingerprint density at radius 3 is 2.00 bits per heavy atom. The summed E-state index contributed by atoms with van der Waals surface area (Å²) in [5.41, 5.74) is 0. The summed E-state index contributed by atoms with van der Waals surface area (Å²) in [6.07, 6.45) is 2.09. The number of carbonyl (C=O) groups is 2. The third-order valence-electron chi connectivity index (χ3n) is 1.62. The van der Waals surface area contributed by atoms with Gasteiger partial charge in [-0.2, -0.15) is 0 Å². The van der Waals surface area contributed by atoms with Gasteiger partial charge in [0.15, 0.2) is 0 Å². The van der Waals surface area contributed by atoms with Crippen LogP contribution in [0.1, 0.15) is 46.3 Å². The molecule has 1 atom stereocenters. The fourth-order valence-corrected chi connectivity index (χ4v) is 0.967. The maximum atomic E-state index is 10.2. The molecule has 2 N–H and O–H groups in total. The van der Waals surface area contributed by atoms with Gasteiger partial charge in [0.25, 0.3) is 0 Å². The molecule has 0 aromatic rings. The van der Waals surface area contributed by atoms with Gasteiger partial charge >= 0.3 is 11.9 Å². The second kappa shape index (κ2) is 7.58. The highest BCUT2D eigenvalue weighted by atomic mass is 16.4. The van der Waals surface area contributed by atoms with E-state index in [0.717, 1.165) is 12.8 Å². The molecule has 0 aliphatic carbocycles. The molecule has 0 amide bonds. The summed E-state index contributed by atoms with van der Waals surface area (Å²) in [6.45, 7) is 0. The molecule has 0 saturated carbocycles. The van der Waals surface area contributed by atoms with Crippen LogP contribution in [-0.2, 0) is 9.59 Å². The number of hydrogen-bond donors (Lipinski definition) is 2. The van der Waals surface area contributed by atoms with Crippen molar-refractivity contribution in [3.05, 3.63) is 0 Å². The van der Waals surface area contributed by atoms with Gasteiger partial charge in [0.05, 0.1) is 0 Å². The first-order chi connectivity index (χ1) is 6.52. The first-order valence-electron chi connectivity index (χ1n) is 4.96. The van der Waals surface area contributed by atoms with E-state index in [1.165, 1.54) is 0 Å². The van der Waals surface area contributed by atoms with Crippen LogP contribution in [0.4, 0.5) is 0 Å². The predicted octanol–water partition coefficient (Wildman–Crippen LogP) is 1.89. The van der Waals surface area contributed by atoms with Gasteiger partial charge in [0.1, 0.15) is 0 Å². The highest BCUT2D eigenvalue weighted by molar-refractivity contribution is 5.66. The summed E-state index contributed by atoms with van der Waals surface area (Å²) in [5, 5.41) is 16.7. The molecule has 0 heterocycles. The van der Waals surface area contributed by atoms with E-state index in [0.29, 0.717) is 12.8 Å². The minimum absolute atomic E-state index is 0.126. The molecule has 76 valence electrons. The summed E-state index contributed by atoms with van der Waals surface area (Å²) in [7, 11) is 0. The molecule has 0 bridgehead atoms. The van der Waals surface area contributed by atoms with Crippen LogP contribution in [-0.4, -0.2) is 22.2 Å². The van der Waals surface area contributed by atoms with Crippen molar-refractivity contribution in [3.8, 4) is 0 Å². The lowest BCUT2D eigenvalue weighted by Crippen LogP contribution is -1.95. The van der Waals surface area contributed by atoms with Crippen molar-refractivity contribution in [2.24, 2.45) is 0 Å². The molecule has 4 heteroatoms. The van der Waals surface area contributed by atoms with Gasteiger partial charge in [0.2, 0.25) is 0 Å². The summed E-state index contributed by atoms with van der Waals surface area (Å²) >= 11 is 0. The van der Waals surface area contributed by atoms with Gasteiger partial charge in [-0.25, -0.2) is 0 Å². The van der Waals surface area contributed by atoms with Gasteiger partial charge in [0, 0.05) is 14.2 Å². The molecule has 0 aromatic heterocycles. The third-order valence-corrected chi connectivity index (χ3v) is 1.62. The van der Waals surface area contributed by atoms with Crippen molar-refractivity contribution < 1.29 is 21.2 Å². The Morgan fingerprint density at radius 2 is 1.46 bits per heavy atom. The Hall–Kier alpha value is -1.06. The lowest BCUT2D eigenvalue weighted by Gasteiger charge is -1.97. The van der Waals surface area contributed by atoms with Crippen molar-refractivity contribution in [1.29, 1.82) is 0 Å². The van der Waals surface area contributed by atoms with Crippen molar-refractivity contribution in [3.63, 3.8) is 0 Å². The van der Waals surface area contributed by atoms with Crippen LogP contribution >= 0.6 is 0 Å². The minimum atomic E-state index is -0.949. The zero-order valence-electron chi connectivity index (χ0n) is 8.53. The lowest BCUT2D eigenvalue weighted by atomic mass is 10.1. The van der Waals surface area contributed by atoms with Crippen LogP contribution < -0.4 is 0 Å². The molecule has 0 rings (SSSR count). The molecule has 13 heavy (non-hydrogen) atoms. The molecule has 0 aromatic carbocycles. The van der Waals surface area contributed by atoms with Crippen LogP contribution in [0.2, 0.25) is 0 Å². The van der Waals surface area contributed by atoms with Crippen LogP contribution in [0.5, 0.6) is 0 Å². The first-order valence-corrected chi connectivity index (χ1v) is 4.38. The monoisotopic (exact) mass is 189 g/mol. The molecule has 0 saturated heterocycles. The Morgan fingerprint density at radius 1 is 0.923 bits per heavy atom. The van der Waals surface area contributed by atoms with Gasteiger partial charge in [-0.05, 0) is 12.8 Å². The van der Waals surface area contributed by atoms with Crippen molar-refractivity contribution in [2.75, 3.05) is 0 Å². The summed E-state index contributed by atoms with van der Waals surface area (Å²) in [4.78, 5) is 20.3. The van der Waals surface area contributed by atoms with E-state index in [1.807, 2.05) is 0 Å². The summed E-state index contributed by atoms with van der Waals surface area (Å²) in [5.74, 6) is -1.76. The maximum Gasteiger partial charge on any atom is 0.303 e. The van der Waals surface area contributed by atoms with E-state index < -0.39 is 18.3 Å². The molecule has 0 aliphatic rings. The topological polar surface area (TPSA) is 74.6 Å². The first kappa shape index (κ1) is 10.0. The van der Waals surface area contributed by atoms with Gasteiger partial charge in [-0.3, -0.25) is 9.59 Å². The number of rotatable bonds is 8. The quantitative estimate of drug-likeness (QED) is 0.572. The Balaban J connectivity index is 3.27. The smallest absolute Gasteiger partial charge is 0.303 e. The number of hydrogen-bond acceptors (Lipinski definition) is 2. The number of carboxylic acids is 2. The Labute approximate surface area is 79.0 Å². The Bertz CT molecular complexity index is 193. The molecule has 1 unspecified atom stereocenters. The SMILES string of the molecule is [2H]C(CCCCCC(=O)O)CC(=O)O. The second-order valence-corrected chi connectivity index (χ2v) is 2.88. The average Bonchev–Trinajstić information content (AvgIpc) is 2.01. The van der Waals surface area contributed by atoms with Crippen LogP contribution in [0.3, 0.4) is 0 Å². The molecule has 4 nitrogen and oxygen atoms in total. The number of carboxylic acid groups (broad SMARTS) is 2. The van der Waals surface area contributed by atoms with E-state index in [2.05, 4.69) is 0 Å². The van der Waals surface area contributed by atoms with Crippen LogP contribution in [0.15, 0.2) is 0 Å². The maximum absolute atomic E-state index is 10.2. The molecule has 0 radical (unpaired) electrons. The third kappa shape index (κ3) is 10.9. The van der Waals surface area contributed by atoms with Crippen LogP contribution in [0.25, 0.3) is 0 Å². The number of aliphatic carboxylic acids is 2. The molecule has 0 spiro atoms. The van der Waals surface area contributed by atoms with Crippen molar-refractivity contribution >= 4 is 11.9 Å². The van der Waals surface area contributed by atoms with E-state index in [4.69, 9.17) is 11.6 Å². The molecule has 0 fully saturated rings. The molecular formula is C9H16O4. The fourth-order valence-electron chi connectivity index (χ4n) is 0.967. The molecular weight excluding hydrogens is 172 g/mol. The zero-order chi connectivity index (χ0) is 11.0. The zero-order valence-corrected chi connectivity index (χ0v) is 7.53. The minimum Gasteiger partial charge on any atom is -0.481 e. The summed E-state index contributed by atoms with van der Waals surface area (Å²) in [6, 6.07) is 0. The highest BCUT2D eigenvalue weighted by Crippen LogP contribution is 2.06. The van der Waals surface area contributed by atoms with Crippen molar-refractivity contribution in [2.45, 2.75) is 44.9 Å². The average molecular weight is 189 g/mol. The predicted molar refractivity (Wildman–Crippen MR) is 47.6 cm³/mol. The van der Waals surface area contributed by atoms with Gasteiger partial charge in [-0.15, -0.1) is 0 Å². The number of unbranched alkanes of at least 4 members (excludes halogenated alkanes) is 2. The Kier molecular flexibility index (Phi) is 5.85. The molecule has 0 aliphatic heterocycles. The summed E-state index contributed by atoms with van der Waals surface area (Å²) < 4.78 is 7.33. The normalized spacial score (nSPS) is 13.4. The van der Waals surface area contributed by atoms with E-state index in [9.17, 15) is 9.59 Å². The standard InChI is InChI=1S/C9H16O4/c10-8(11)6-4-2-1-3-5-7-9(12)13/h1-7H2,(H,10,11)(H,12,13)/i4D. The van der Waals surface area contributed by atoms with Crippen LogP contribution in [0, 0.1) is 0 Å². The lowest BCUT2D eigenvalue weighted by molar-refractivity contribution is -0.138. The van der Waals surface area contributed by atoms with Gasteiger partial charge < -0.3 is 10.2 Å². The van der Waals surface area contributed by atoms with E-state index in [-0.39, 0.29) is 12.8 Å². The highest BCUT2D eigenvalue weighted by Gasteiger charge is 1.98. The van der Waals surface area contributed by atoms with Crippen molar-refractivity contribution in [1.82, 2.24) is 0 Å². The van der Waals surface area contributed by atoms with E-state index in [1.54, 1.807) is 0 Å². The fraction of sp³-hybridized carbons (Fsp3) is 0.778. The second-order valence-electron chi connectivity index (χ2n) is 2.88. The van der Waals surface area contributed by atoms with E-state index >= 15 is 0 Å². The largest absolute Gasteiger partial charge is 0.481 e.